The molecule has 0 aromatic heterocycles. The zero-order chi connectivity index (χ0) is 26.9. The number of carbonyl (C=O) groups excluding carboxylic acids is 2. The SMILES string of the molecule is [C-]#[N+]c1cccc(C)c1Oc1cc([C@H]2CC(=O)N(c3ccc(NS(C)(=O)=O)c(C(N)=O)c3)C2)ccc1C. The lowest BCUT2D eigenvalue weighted by molar-refractivity contribution is -0.117. The van der Waals surface area contributed by atoms with Crippen LogP contribution in [0.3, 0.4) is 0 Å². The van der Waals surface area contributed by atoms with Crippen molar-refractivity contribution in [1.29, 1.82) is 0 Å². The first kappa shape index (κ1) is 25.7. The van der Waals surface area contributed by atoms with Crippen LogP contribution in [0.15, 0.2) is 54.6 Å². The van der Waals surface area contributed by atoms with Crippen LogP contribution in [0.1, 0.15) is 39.4 Å². The van der Waals surface area contributed by atoms with E-state index in [4.69, 9.17) is 17.0 Å². The maximum absolute atomic E-state index is 13.0. The fourth-order valence-corrected chi connectivity index (χ4v) is 4.90. The van der Waals surface area contributed by atoms with Crippen molar-refractivity contribution in [3.63, 3.8) is 0 Å². The Hall–Kier alpha value is -4.36. The van der Waals surface area contributed by atoms with E-state index in [1.165, 1.54) is 12.1 Å². The molecule has 3 N–H and O–H groups in total. The van der Waals surface area contributed by atoms with Gasteiger partial charge in [0.25, 0.3) is 5.91 Å². The molecule has 37 heavy (non-hydrogen) atoms. The van der Waals surface area contributed by atoms with E-state index in [0.717, 1.165) is 22.9 Å². The Morgan fingerprint density at radius 3 is 2.57 bits per heavy atom. The molecule has 4 rings (SSSR count). The number of nitrogens with one attached hydrogen (secondary N) is 1. The van der Waals surface area contributed by atoms with Gasteiger partial charge in [-0.15, -0.1) is 0 Å². The number of benzene rings is 3. The topological polar surface area (TPSA) is 123 Å². The van der Waals surface area contributed by atoms with Crippen LogP contribution in [0.25, 0.3) is 4.85 Å². The van der Waals surface area contributed by atoms with Crippen molar-refractivity contribution in [2.24, 2.45) is 5.73 Å². The summed E-state index contributed by atoms with van der Waals surface area (Å²) in [5, 5.41) is 0. The monoisotopic (exact) mass is 518 g/mol. The van der Waals surface area contributed by atoms with Crippen molar-refractivity contribution in [1.82, 2.24) is 0 Å². The lowest BCUT2D eigenvalue weighted by Crippen LogP contribution is -2.25. The van der Waals surface area contributed by atoms with Crippen molar-refractivity contribution < 1.29 is 22.7 Å². The molecule has 3 aromatic carbocycles. The van der Waals surface area contributed by atoms with Gasteiger partial charge in [-0.05, 0) is 54.8 Å². The van der Waals surface area contributed by atoms with E-state index < -0.39 is 15.9 Å². The summed E-state index contributed by atoms with van der Waals surface area (Å²) in [6, 6.07) is 15.6. The second-order valence-electron chi connectivity index (χ2n) is 9.04. The number of carbonyl (C=O) groups is 2. The van der Waals surface area contributed by atoms with E-state index in [9.17, 15) is 18.0 Å². The third-order valence-corrected chi connectivity index (χ3v) is 6.80. The average molecular weight is 519 g/mol. The number of sulfonamides is 1. The number of nitrogens with zero attached hydrogens (tertiary/aromatic N) is 2. The summed E-state index contributed by atoms with van der Waals surface area (Å²) in [6.07, 6.45) is 1.22. The number of rotatable bonds is 7. The first-order valence-electron chi connectivity index (χ1n) is 11.4. The van der Waals surface area contributed by atoms with E-state index in [-0.39, 0.29) is 29.5 Å². The van der Waals surface area contributed by atoms with Gasteiger partial charge < -0.3 is 15.4 Å². The molecule has 9 nitrogen and oxygen atoms in total. The molecule has 1 heterocycles. The van der Waals surface area contributed by atoms with Crippen LogP contribution in [-0.2, 0) is 14.8 Å². The van der Waals surface area contributed by atoms with Gasteiger partial charge in [0.15, 0.2) is 0 Å². The molecule has 1 fully saturated rings. The first-order chi connectivity index (χ1) is 17.5. The third-order valence-electron chi connectivity index (χ3n) is 6.21. The lowest BCUT2D eigenvalue weighted by Gasteiger charge is -2.20. The lowest BCUT2D eigenvalue weighted by atomic mass is 9.97. The summed E-state index contributed by atoms with van der Waals surface area (Å²) in [5.41, 5.74) is 9.01. The second kappa shape index (κ2) is 9.95. The molecule has 190 valence electrons. The number of nitrogens with two attached hydrogens (primary N) is 1. The summed E-state index contributed by atoms with van der Waals surface area (Å²) in [5.74, 6) is 0.0185. The molecule has 2 amide bonds. The van der Waals surface area contributed by atoms with Crippen molar-refractivity contribution in [3.05, 3.63) is 88.3 Å². The van der Waals surface area contributed by atoms with Gasteiger partial charge in [0, 0.05) is 24.6 Å². The molecule has 1 saturated heterocycles. The van der Waals surface area contributed by atoms with Gasteiger partial charge in [0.2, 0.25) is 21.6 Å². The van der Waals surface area contributed by atoms with Crippen LogP contribution >= 0.6 is 0 Å². The highest BCUT2D eigenvalue weighted by Crippen LogP contribution is 2.39. The average Bonchev–Trinajstić information content (AvgIpc) is 3.22. The Kier molecular flexibility index (Phi) is 6.92. The van der Waals surface area contributed by atoms with Crippen LogP contribution in [0.5, 0.6) is 11.5 Å². The van der Waals surface area contributed by atoms with Gasteiger partial charge in [-0.3, -0.25) is 14.3 Å². The second-order valence-corrected chi connectivity index (χ2v) is 10.8. The van der Waals surface area contributed by atoms with Gasteiger partial charge in [-0.2, -0.15) is 0 Å². The molecule has 10 heteroatoms. The molecule has 1 aliphatic rings. The van der Waals surface area contributed by atoms with Gasteiger partial charge in [-0.1, -0.05) is 30.3 Å². The molecular formula is C27H26N4O5S. The highest BCUT2D eigenvalue weighted by atomic mass is 32.2. The van der Waals surface area contributed by atoms with E-state index in [2.05, 4.69) is 9.57 Å². The molecule has 0 bridgehead atoms. The molecule has 1 atom stereocenters. The number of para-hydroxylation sites is 1. The molecule has 3 aromatic rings. The molecule has 0 saturated carbocycles. The summed E-state index contributed by atoms with van der Waals surface area (Å²) < 4.78 is 31.7. The van der Waals surface area contributed by atoms with E-state index in [1.54, 1.807) is 17.0 Å². The Bertz CT molecular complexity index is 1560. The predicted molar refractivity (Wildman–Crippen MR) is 142 cm³/mol. The molecule has 0 unspecified atom stereocenters. The number of aryl methyl sites for hydroxylation is 2. The van der Waals surface area contributed by atoms with Gasteiger partial charge >= 0.3 is 0 Å². The molecule has 0 radical (unpaired) electrons. The predicted octanol–water partition coefficient (Wildman–Crippen LogP) is 4.64. The summed E-state index contributed by atoms with van der Waals surface area (Å²) in [4.78, 5) is 30.1. The van der Waals surface area contributed by atoms with Gasteiger partial charge in [0.05, 0.1) is 24.1 Å². The number of hydrogen-bond acceptors (Lipinski definition) is 5. The van der Waals surface area contributed by atoms with Crippen LogP contribution in [0.2, 0.25) is 0 Å². The smallest absolute Gasteiger partial charge is 0.250 e. The molecule has 0 aliphatic carbocycles. The Balaban J connectivity index is 1.61. The minimum atomic E-state index is -3.62. The third kappa shape index (κ3) is 5.57. The molecule has 0 spiro atoms. The highest BCUT2D eigenvalue weighted by molar-refractivity contribution is 7.92. The van der Waals surface area contributed by atoms with Crippen LogP contribution in [0.4, 0.5) is 17.1 Å². The van der Waals surface area contributed by atoms with Crippen LogP contribution < -0.4 is 20.1 Å². The standard InChI is InChI=1S/C27H26N4O5S/c1-16-8-9-18(12-24(16)36-26-17(2)6-5-7-23(26)29-3)19-13-25(32)31(15-19)20-10-11-22(30-37(4,34)35)21(14-20)27(28)33/h5-12,14,19,30H,13,15H2,1-2,4H3,(H2,28,33)/t19-/m0/s1. The normalized spacial score (nSPS) is 15.4. The quantitative estimate of drug-likeness (QED) is 0.441. The maximum Gasteiger partial charge on any atom is 0.250 e. The van der Waals surface area contributed by atoms with Gasteiger partial charge in [-0.25, -0.2) is 13.3 Å². The number of primary amides is 1. The van der Waals surface area contributed by atoms with E-state index in [1.807, 2.05) is 44.2 Å². The zero-order valence-corrected chi connectivity index (χ0v) is 21.4. The molecule has 1 aliphatic heterocycles. The minimum absolute atomic E-state index is 0.0287. The highest BCUT2D eigenvalue weighted by Gasteiger charge is 2.32. The van der Waals surface area contributed by atoms with E-state index >= 15 is 0 Å². The maximum atomic E-state index is 13.0. The Labute approximate surface area is 215 Å². The molecular weight excluding hydrogens is 492 g/mol. The fourth-order valence-electron chi connectivity index (χ4n) is 4.32. The largest absolute Gasteiger partial charge is 0.468 e. The van der Waals surface area contributed by atoms with Crippen molar-refractivity contribution in [2.75, 3.05) is 22.4 Å². The number of ether oxygens (including phenoxy) is 1. The van der Waals surface area contributed by atoms with Crippen LogP contribution in [-0.4, -0.2) is 33.0 Å². The minimum Gasteiger partial charge on any atom is -0.468 e. The number of anilines is 2. The fraction of sp³-hybridized carbons (Fsp3) is 0.222. The summed E-state index contributed by atoms with van der Waals surface area (Å²) in [6.45, 7) is 11.6. The van der Waals surface area contributed by atoms with E-state index in [0.29, 0.717) is 29.4 Å². The number of hydrogen-bond donors (Lipinski definition) is 2. The Morgan fingerprint density at radius 2 is 1.89 bits per heavy atom. The van der Waals surface area contributed by atoms with Crippen LogP contribution in [0, 0.1) is 20.4 Å². The van der Waals surface area contributed by atoms with Gasteiger partial charge in [0.1, 0.15) is 11.5 Å². The summed E-state index contributed by atoms with van der Waals surface area (Å²) >= 11 is 0. The van der Waals surface area contributed by atoms with Crippen molar-refractivity contribution in [3.8, 4) is 11.5 Å². The first-order valence-corrected chi connectivity index (χ1v) is 13.3. The summed E-state index contributed by atoms with van der Waals surface area (Å²) in [7, 11) is -3.62. The zero-order valence-electron chi connectivity index (χ0n) is 20.6. The Morgan fingerprint density at radius 1 is 1.14 bits per heavy atom. The van der Waals surface area contributed by atoms with Crippen molar-refractivity contribution in [2.45, 2.75) is 26.2 Å². The number of amides is 2. The van der Waals surface area contributed by atoms with Crippen molar-refractivity contribution >= 4 is 38.9 Å².